The Bertz CT molecular complexity index is 651. The number of anilines is 1. The van der Waals surface area contributed by atoms with Crippen molar-refractivity contribution < 1.29 is 22.8 Å². The first kappa shape index (κ1) is 19.7. The van der Waals surface area contributed by atoms with Gasteiger partial charge in [0.2, 0.25) is 11.8 Å². The summed E-state index contributed by atoms with van der Waals surface area (Å²) in [6.45, 7) is 1.36. The zero-order valence-electron chi connectivity index (χ0n) is 14.3. The number of amides is 2. The van der Waals surface area contributed by atoms with Crippen molar-refractivity contribution in [2.45, 2.75) is 19.0 Å². The largest absolute Gasteiger partial charge is 0.417 e. The molecule has 0 atom stereocenters. The molecular weight excluding hydrogens is 349 g/mol. The quantitative estimate of drug-likeness (QED) is 0.775. The molecule has 0 radical (unpaired) electrons. The molecule has 2 amide bonds. The minimum Gasteiger partial charge on any atom is -0.357 e. The number of likely N-dealkylation sites (N-methyl/N-ethyl adjacent to an activating group) is 1. The Kier molecular flexibility index (Phi) is 6.59. The van der Waals surface area contributed by atoms with Gasteiger partial charge in [-0.25, -0.2) is 4.98 Å². The number of pyridine rings is 1. The summed E-state index contributed by atoms with van der Waals surface area (Å²) in [7, 11) is 1.52. The number of carbonyl (C=O) groups is 2. The van der Waals surface area contributed by atoms with Crippen LogP contribution < -0.4 is 15.5 Å². The molecule has 1 aromatic heterocycles. The van der Waals surface area contributed by atoms with Crippen molar-refractivity contribution in [3.63, 3.8) is 0 Å². The van der Waals surface area contributed by atoms with Gasteiger partial charge in [-0.1, -0.05) is 6.08 Å². The maximum Gasteiger partial charge on any atom is 0.417 e. The molecular formula is C17H21F3N4O2. The lowest BCUT2D eigenvalue weighted by Crippen LogP contribution is -2.41. The van der Waals surface area contributed by atoms with Crippen molar-refractivity contribution in [1.82, 2.24) is 15.6 Å². The Labute approximate surface area is 149 Å². The highest BCUT2D eigenvalue weighted by Crippen LogP contribution is 2.30. The standard InChI is InChI=1S/C17H21F3N4O2/c1-21-15(25)3-2-8-22-16(26)12-6-9-24(10-7-12)14-5-4-13(11-23-14)17(18,19)20/h2-5,11-12H,6-10H2,1H3,(H,21,25)(H,22,26). The first-order valence-electron chi connectivity index (χ1n) is 8.25. The fourth-order valence-corrected chi connectivity index (χ4v) is 2.66. The summed E-state index contributed by atoms with van der Waals surface area (Å²) in [4.78, 5) is 28.9. The fraction of sp³-hybridized carbons (Fsp3) is 0.471. The number of aromatic nitrogens is 1. The average Bonchev–Trinajstić information content (AvgIpc) is 2.64. The van der Waals surface area contributed by atoms with Crippen LogP contribution in [-0.2, 0) is 15.8 Å². The fourth-order valence-electron chi connectivity index (χ4n) is 2.66. The summed E-state index contributed by atoms with van der Waals surface area (Å²) in [6.07, 6.45) is 0.522. The summed E-state index contributed by atoms with van der Waals surface area (Å²) in [6, 6.07) is 2.37. The van der Waals surface area contributed by atoms with E-state index < -0.39 is 11.7 Å². The summed E-state index contributed by atoms with van der Waals surface area (Å²) in [5, 5.41) is 5.18. The van der Waals surface area contributed by atoms with E-state index in [4.69, 9.17) is 0 Å². The van der Waals surface area contributed by atoms with Crippen molar-refractivity contribution in [2.75, 3.05) is 31.6 Å². The van der Waals surface area contributed by atoms with E-state index in [2.05, 4.69) is 15.6 Å². The molecule has 0 aliphatic carbocycles. The van der Waals surface area contributed by atoms with Crippen LogP contribution in [0.2, 0.25) is 0 Å². The highest BCUT2D eigenvalue weighted by molar-refractivity contribution is 5.87. The van der Waals surface area contributed by atoms with Gasteiger partial charge in [0.05, 0.1) is 5.56 Å². The molecule has 9 heteroatoms. The first-order valence-corrected chi connectivity index (χ1v) is 8.25. The maximum atomic E-state index is 12.6. The van der Waals surface area contributed by atoms with Crippen molar-refractivity contribution >= 4 is 17.6 Å². The summed E-state index contributed by atoms with van der Waals surface area (Å²) < 4.78 is 37.7. The van der Waals surface area contributed by atoms with Crippen LogP contribution in [-0.4, -0.2) is 43.5 Å². The molecule has 1 aliphatic heterocycles. The lowest BCUT2D eigenvalue weighted by Gasteiger charge is -2.32. The first-order chi connectivity index (χ1) is 12.3. The van der Waals surface area contributed by atoms with Crippen LogP contribution in [0.4, 0.5) is 19.0 Å². The number of alkyl halides is 3. The van der Waals surface area contributed by atoms with Crippen LogP contribution in [0.15, 0.2) is 30.5 Å². The number of nitrogens with one attached hydrogen (secondary N) is 2. The molecule has 2 heterocycles. The Balaban J connectivity index is 1.80. The second-order valence-corrected chi connectivity index (χ2v) is 5.93. The maximum absolute atomic E-state index is 12.6. The van der Waals surface area contributed by atoms with Crippen LogP contribution in [0.5, 0.6) is 0 Å². The number of nitrogens with zero attached hydrogens (tertiary/aromatic N) is 2. The number of hydrogen-bond donors (Lipinski definition) is 2. The van der Waals surface area contributed by atoms with Gasteiger partial charge in [-0.05, 0) is 25.0 Å². The lowest BCUT2D eigenvalue weighted by atomic mass is 9.96. The molecule has 0 unspecified atom stereocenters. The van der Waals surface area contributed by atoms with Crippen molar-refractivity contribution in [3.05, 3.63) is 36.0 Å². The molecule has 2 rings (SSSR count). The predicted molar refractivity (Wildman–Crippen MR) is 90.4 cm³/mol. The van der Waals surface area contributed by atoms with Gasteiger partial charge < -0.3 is 15.5 Å². The number of rotatable bonds is 5. The van der Waals surface area contributed by atoms with E-state index in [9.17, 15) is 22.8 Å². The highest BCUT2D eigenvalue weighted by atomic mass is 19.4. The van der Waals surface area contributed by atoms with Gasteiger partial charge in [-0.15, -0.1) is 0 Å². The van der Waals surface area contributed by atoms with Gasteiger partial charge in [0.1, 0.15) is 5.82 Å². The van der Waals surface area contributed by atoms with Gasteiger partial charge in [-0.3, -0.25) is 9.59 Å². The molecule has 1 saturated heterocycles. The van der Waals surface area contributed by atoms with Crippen molar-refractivity contribution in [3.8, 4) is 0 Å². The number of piperidine rings is 1. The number of carbonyl (C=O) groups excluding carboxylic acids is 2. The monoisotopic (exact) mass is 370 g/mol. The Morgan fingerprint density at radius 3 is 2.54 bits per heavy atom. The van der Waals surface area contributed by atoms with E-state index in [0.717, 1.165) is 12.3 Å². The second-order valence-electron chi connectivity index (χ2n) is 5.93. The molecule has 6 nitrogen and oxygen atoms in total. The average molecular weight is 370 g/mol. The molecule has 1 aromatic rings. The third kappa shape index (κ3) is 5.47. The molecule has 1 aliphatic rings. The van der Waals surface area contributed by atoms with Crippen LogP contribution in [0.25, 0.3) is 0 Å². The van der Waals surface area contributed by atoms with Gasteiger partial charge in [0, 0.05) is 44.9 Å². The molecule has 0 spiro atoms. The molecule has 1 fully saturated rings. The van der Waals surface area contributed by atoms with Crippen molar-refractivity contribution in [2.24, 2.45) is 5.92 Å². The Morgan fingerprint density at radius 1 is 1.31 bits per heavy atom. The number of hydrogen-bond acceptors (Lipinski definition) is 4. The topological polar surface area (TPSA) is 74.3 Å². The van der Waals surface area contributed by atoms with Gasteiger partial charge in [-0.2, -0.15) is 13.2 Å². The number of halogens is 3. The smallest absolute Gasteiger partial charge is 0.357 e. The van der Waals surface area contributed by atoms with Gasteiger partial charge >= 0.3 is 6.18 Å². The molecule has 142 valence electrons. The zero-order chi connectivity index (χ0) is 19.2. The van der Waals surface area contributed by atoms with Gasteiger partial charge in [0.25, 0.3) is 0 Å². The van der Waals surface area contributed by atoms with E-state index in [0.29, 0.717) is 31.7 Å². The highest BCUT2D eigenvalue weighted by Gasteiger charge is 2.31. The summed E-state index contributed by atoms with van der Waals surface area (Å²) >= 11 is 0. The van der Waals surface area contributed by atoms with Crippen LogP contribution in [0.1, 0.15) is 18.4 Å². The summed E-state index contributed by atoms with van der Waals surface area (Å²) in [5.74, 6) is -0.0114. The second kappa shape index (κ2) is 8.68. The van der Waals surface area contributed by atoms with Crippen LogP contribution >= 0.6 is 0 Å². The summed E-state index contributed by atoms with van der Waals surface area (Å²) in [5.41, 5.74) is -0.777. The molecule has 0 saturated carbocycles. The van der Waals surface area contributed by atoms with Crippen LogP contribution in [0, 0.1) is 5.92 Å². The molecule has 0 bridgehead atoms. The Hall–Kier alpha value is -2.58. The molecule has 2 N–H and O–H groups in total. The Morgan fingerprint density at radius 2 is 2.00 bits per heavy atom. The normalized spacial score (nSPS) is 15.9. The minimum atomic E-state index is -4.40. The van der Waals surface area contributed by atoms with Gasteiger partial charge in [0.15, 0.2) is 0 Å². The van der Waals surface area contributed by atoms with E-state index >= 15 is 0 Å². The van der Waals surface area contributed by atoms with E-state index in [-0.39, 0.29) is 24.3 Å². The van der Waals surface area contributed by atoms with Crippen molar-refractivity contribution in [1.29, 1.82) is 0 Å². The minimum absolute atomic E-state index is 0.0911. The third-order valence-corrected chi connectivity index (χ3v) is 4.17. The molecule has 0 aromatic carbocycles. The van der Waals surface area contributed by atoms with E-state index in [1.807, 2.05) is 4.90 Å². The predicted octanol–water partition coefficient (Wildman–Crippen LogP) is 1.74. The third-order valence-electron chi connectivity index (χ3n) is 4.17. The van der Waals surface area contributed by atoms with E-state index in [1.54, 1.807) is 6.08 Å². The molecule has 26 heavy (non-hydrogen) atoms. The zero-order valence-corrected chi connectivity index (χ0v) is 14.3. The SMILES string of the molecule is CNC(=O)C=CCNC(=O)C1CCN(c2ccc(C(F)(F)F)cn2)CC1. The van der Waals surface area contributed by atoms with E-state index in [1.165, 1.54) is 19.2 Å². The lowest BCUT2D eigenvalue weighted by molar-refractivity contribution is -0.137. The van der Waals surface area contributed by atoms with Crippen LogP contribution in [0.3, 0.4) is 0 Å².